The molecule has 1 heterocycles. The Kier molecular flexibility index (Phi) is 5.46. The molecule has 0 atom stereocenters. The number of anilines is 2. The third kappa shape index (κ3) is 4.16. The predicted molar refractivity (Wildman–Crippen MR) is 116 cm³/mol. The minimum absolute atomic E-state index is 0.167. The number of aryl methyl sites for hydroxylation is 1. The van der Waals surface area contributed by atoms with E-state index in [9.17, 15) is 13.2 Å². The van der Waals surface area contributed by atoms with Crippen molar-refractivity contribution in [3.05, 3.63) is 83.9 Å². The van der Waals surface area contributed by atoms with Crippen LogP contribution in [0.2, 0.25) is 0 Å². The average molecular weight is 423 g/mol. The molecule has 3 aromatic rings. The number of nitrogens with zero attached hydrogens (tertiary/aromatic N) is 1. The lowest BCUT2D eigenvalue weighted by Gasteiger charge is -2.19. The standard InChI is InChI=1S/C23H22N2O4S/c1-17-5-4-7-19(15-17)24-23(26)16-29-20-9-11-21(12-10-20)30(27,28)25-14-13-18-6-2-3-8-22(18)25/h2-12,15H,13-14,16H2,1H3,(H,24,26). The van der Waals surface area contributed by atoms with E-state index >= 15 is 0 Å². The monoisotopic (exact) mass is 422 g/mol. The van der Waals surface area contributed by atoms with Crippen LogP contribution in [0.1, 0.15) is 11.1 Å². The van der Waals surface area contributed by atoms with Crippen LogP contribution in [-0.4, -0.2) is 27.5 Å². The summed E-state index contributed by atoms with van der Waals surface area (Å²) in [6, 6.07) is 21.1. The Morgan fingerprint density at radius 1 is 1.03 bits per heavy atom. The summed E-state index contributed by atoms with van der Waals surface area (Å²) in [6.45, 7) is 2.21. The number of carbonyl (C=O) groups is 1. The fourth-order valence-electron chi connectivity index (χ4n) is 3.46. The number of para-hydroxylation sites is 1. The Bertz CT molecular complexity index is 1170. The van der Waals surface area contributed by atoms with Gasteiger partial charge in [-0.05, 0) is 66.9 Å². The van der Waals surface area contributed by atoms with Crippen molar-refractivity contribution in [1.29, 1.82) is 0 Å². The highest BCUT2D eigenvalue weighted by molar-refractivity contribution is 7.92. The van der Waals surface area contributed by atoms with Crippen molar-refractivity contribution in [2.45, 2.75) is 18.2 Å². The van der Waals surface area contributed by atoms with Crippen LogP contribution in [0.15, 0.2) is 77.7 Å². The molecule has 0 aromatic heterocycles. The van der Waals surface area contributed by atoms with E-state index in [0.717, 1.165) is 16.8 Å². The first-order valence-corrected chi connectivity index (χ1v) is 11.1. The van der Waals surface area contributed by atoms with Gasteiger partial charge in [-0.2, -0.15) is 0 Å². The maximum absolute atomic E-state index is 13.0. The van der Waals surface area contributed by atoms with Crippen LogP contribution in [0.25, 0.3) is 0 Å². The van der Waals surface area contributed by atoms with Crippen LogP contribution in [0.3, 0.4) is 0 Å². The van der Waals surface area contributed by atoms with E-state index in [0.29, 0.717) is 24.4 Å². The van der Waals surface area contributed by atoms with Gasteiger partial charge in [0.05, 0.1) is 10.6 Å². The van der Waals surface area contributed by atoms with Crippen molar-refractivity contribution < 1.29 is 17.9 Å². The number of fused-ring (bicyclic) bond motifs is 1. The van der Waals surface area contributed by atoms with Gasteiger partial charge in [-0.3, -0.25) is 9.10 Å². The largest absolute Gasteiger partial charge is 0.484 e. The Morgan fingerprint density at radius 3 is 2.57 bits per heavy atom. The van der Waals surface area contributed by atoms with Gasteiger partial charge in [0.2, 0.25) is 0 Å². The fourth-order valence-corrected chi connectivity index (χ4v) is 4.96. The molecule has 1 N–H and O–H groups in total. The van der Waals surface area contributed by atoms with E-state index in [1.165, 1.54) is 16.4 Å². The molecule has 0 saturated heterocycles. The zero-order valence-electron chi connectivity index (χ0n) is 16.5. The Balaban J connectivity index is 1.40. The summed E-state index contributed by atoms with van der Waals surface area (Å²) in [5.74, 6) is 0.140. The molecule has 0 saturated carbocycles. The van der Waals surface area contributed by atoms with Crippen LogP contribution in [0, 0.1) is 6.92 Å². The molecule has 4 rings (SSSR count). The first kappa shape index (κ1) is 20.0. The number of nitrogens with one attached hydrogen (secondary N) is 1. The van der Waals surface area contributed by atoms with Crippen molar-refractivity contribution >= 4 is 27.3 Å². The average Bonchev–Trinajstić information content (AvgIpc) is 3.18. The quantitative estimate of drug-likeness (QED) is 0.656. The number of carbonyl (C=O) groups excluding carboxylic acids is 1. The number of amides is 1. The van der Waals surface area contributed by atoms with Gasteiger partial charge in [0, 0.05) is 12.2 Å². The molecular weight excluding hydrogens is 400 g/mol. The summed E-state index contributed by atoms with van der Waals surface area (Å²) in [6.07, 6.45) is 0.701. The van der Waals surface area contributed by atoms with E-state index in [-0.39, 0.29) is 17.4 Å². The second kappa shape index (κ2) is 8.20. The maximum Gasteiger partial charge on any atom is 0.264 e. The number of rotatable bonds is 6. The van der Waals surface area contributed by atoms with Crippen molar-refractivity contribution in [3.63, 3.8) is 0 Å². The minimum Gasteiger partial charge on any atom is -0.484 e. The molecule has 0 spiro atoms. The Morgan fingerprint density at radius 2 is 1.80 bits per heavy atom. The first-order chi connectivity index (χ1) is 14.4. The zero-order chi connectivity index (χ0) is 21.1. The van der Waals surface area contributed by atoms with Crippen molar-refractivity contribution in [2.24, 2.45) is 0 Å². The first-order valence-electron chi connectivity index (χ1n) is 9.63. The van der Waals surface area contributed by atoms with Gasteiger partial charge in [0.15, 0.2) is 6.61 Å². The van der Waals surface area contributed by atoms with Crippen LogP contribution in [0.4, 0.5) is 11.4 Å². The zero-order valence-corrected chi connectivity index (χ0v) is 17.4. The van der Waals surface area contributed by atoms with E-state index < -0.39 is 10.0 Å². The SMILES string of the molecule is Cc1cccc(NC(=O)COc2ccc(S(=O)(=O)N3CCc4ccccc43)cc2)c1. The molecule has 1 amide bonds. The minimum atomic E-state index is -3.65. The molecule has 30 heavy (non-hydrogen) atoms. The summed E-state index contributed by atoms with van der Waals surface area (Å²) in [4.78, 5) is 12.3. The molecule has 7 heteroatoms. The number of benzene rings is 3. The van der Waals surface area contributed by atoms with E-state index in [4.69, 9.17) is 4.74 Å². The molecule has 6 nitrogen and oxygen atoms in total. The van der Waals surface area contributed by atoms with Gasteiger partial charge in [0.1, 0.15) is 5.75 Å². The van der Waals surface area contributed by atoms with Gasteiger partial charge in [-0.15, -0.1) is 0 Å². The fraction of sp³-hybridized carbons (Fsp3) is 0.174. The van der Waals surface area contributed by atoms with Crippen LogP contribution in [-0.2, 0) is 21.2 Å². The third-order valence-electron chi connectivity index (χ3n) is 4.93. The van der Waals surface area contributed by atoms with Crippen LogP contribution < -0.4 is 14.4 Å². The molecule has 154 valence electrons. The summed E-state index contributed by atoms with van der Waals surface area (Å²) < 4.78 is 33.0. The van der Waals surface area contributed by atoms with Gasteiger partial charge in [0.25, 0.3) is 15.9 Å². The molecule has 0 unspecified atom stereocenters. The van der Waals surface area contributed by atoms with Gasteiger partial charge in [-0.25, -0.2) is 8.42 Å². The van der Waals surface area contributed by atoms with Gasteiger partial charge < -0.3 is 10.1 Å². The molecule has 0 aliphatic carbocycles. The summed E-state index contributed by atoms with van der Waals surface area (Å²) in [7, 11) is -3.65. The molecular formula is C23H22N2O4S. The maximum atomic E-state index is 13.0. The molecule has 3 aromatic carbocycles. The molecule has 1 aliphatic heterocycles. The second-order valence-electron chi connectivity index (χ2n) is 7.13. The smallest absolute Gasteiger partial charge is 0.264 e. The molecule has 0 radical (unpaired) electrons. The lowest BCUT2D eigenvalue weighted by Crippen LogP contribution is -2.29. The van der Waals surface area contributed by atoms with E-state index in [1.807, 2.05) is 49.4 Å². The summed E-state index contributed by atoms with van der Waals surface area (Å²) in [5.41, 5.74) is 3.51. The highest BCUT2D eigenvalue weighted by Gasteiger charge is 2.30. The summed E-state index contributed by atoms with van der Waals surface area (Å²) >= 11 is 0. The van der Waals surface area contributed by atoms with Gasteiger partial charge >= 0.3 is 0 Å². The van der Waals surface area contributed by atoms with E-state index in [2.05, 4.69) is 5.32 Å². The third-order valence-corrected chi connectivity index (χ3v) is 6.76. The molecule has 0 fully saturated rings. The number of hydrogen-bond donors (Lipinski definition) is 1. The van der Waals surface area contributed by atoms with Crippen LogP contribution in [0.5, 0.6) is 5.75 Å². The Hall–Kier alpha value is -3.32. The lowest BCUT2D eigenvalue weighted by molar-refractivity contribution is -0.118. The van der Waals surface area contributed by atoms with Crippen molar-refractivity contribution in [3.8, 4) is 5.75 Å². The molecule has 1 aliphatic rings. The Labute approximate surface area is 176 Å². The normalized spacial score (nSPS) is 13.0. The predicted octanol–water partition coefficient (Wildman–Crippen LogP) is 3.76. The van der Waals surface area contributed by atoms with Crippen molar-refractivity contribution in [1.82, 2.24) is 0 Å². The van der Waals surface area contributed by atoms with Crippen molar-refractivity contribution in [2.75, 3.05) is 22.8 Å². The topological polar surface area (TPSA) is 75.7 Å². The highest BCUT2D eigenvalue weighted by Crippen LogP contribution is 2.33. The number of hydrogen-bond acceptors (Lipinski definition) is 4. The lowest BCUT2D eigenvalue weighted by atomic mass is 10.2. The number of ether oxygens (including phenoxy) is 1. The van der Waals surface area contributed by atoms with E-state index in [1.54, 1.807) is 18.2 Å². The molecule has 0 bridgehead atoms. The highest BCUT2D eigenvalue weighted by atomic mass is 32.2. The second-order valence-corrected chi connectivity index (χ2v) is 9.00. The summed E-state index contributed by atoms with van der Waals surface area (Å²) in [5, 5.41) is 2.77. The van der Waals surface area contributed by atoms with Crippen LogP contribution >= 0.6 is 0 Å². The van der Waals surface area contributed by atoms with Gasteiger partial charge in [-0.1, -0.05) is 30.3 Å². The number of sulfonamides is 1.